The van der Waals surface area contributed by atoms with E-state index in [2.05, 4.69) is 16.9 Å². The van der Waals surface area contributed by atoms with Crippen molar-refractivity contribution >= 4 is 27.5 Å². The van der Waals surface area contributed by atoms with Crippen molar-refractivity contribution in [1.82, 2.24) is 9.97 Å². The number of hydrogen-bond acceptors (Lipinski definition) is 5. The zero-order valence-electron chi connectivity index (χ0n) is 12.1. The molecular formula is C15H18N2O3S. The van der Waals surface area contributed by atoms with Crippen molar-refractivity contribution in [1.29, 1.82) is 0 Å². The molecular weight excluding hydrogens is 288 g/mol. The van der Waals surface area contributed by atoms with Gasteiger partial charge >= 0.3 is 5.97 Å². The number of thiophene rings is 1. The molecule has 2 unspecified atom stereocenters. The highest BCUT2D eigenvalue weighted by Crippen LogP contribution is 2.36. The van der Waals surface area contributed by atoms with Gasteiger partial charge in [-0.2, -0.15) is 0 Å². The minimum absolute atomic E-state index is 0.157. The number of carboxylic acids is 1. The molecule has 1 N–H and O–H groups in total. The number of aryl methyl sites for hydroxylation is 1. The molecule has 1 saturated carbocycles. The van der Waals surface area contributed by atoms with E-state index in [0.29, 0.717) is 27.1 Å². The highest BCUT2D eigenvalue weighted by atomic mass is 32.1. The highest BCUT2D eigenvalue weighted by molar-refractivity contribution is 7.20. The number of hydrogen-bond donors (Lipinski definition) is 1. The Morgan fingerprint density at radius 2 is 2.14 bits per heavy atom. The van der Waals surface area contributed by atoms with Gasteiger partial charge in [0, 0.05) is 0 Å². The minimum Gasteiger partial charge on any atom is -0.477 e. The summed E-state index contributed by atoms with van der Waals surface area (Å²) < 4.78 is 6.12. The molecule has 3 rings (SSSR count). The first-order valence-electron chi connectivity index (χ1n) is 7.22. The molecule has 5 nitrogen and oxygen atoms in total. The van der Waals surface area contributed by atoms with Gasteiger partial charge in [0.05, 0.1) is 5.39 Å². The zero-order valence-corrected chi connectivity index (χ0v) is 12.9. The number of nitrogens with zero attached hydrogens (tertiary/aromatic N) is 2. The predicted molar refractivity (Wildman–Crippen MR) is 81.2 cm³/mol. The number of ether oxygens (including phenoxy) is 1. The summed E-state index contributed by atoms with van der Waals surface area (Å²) in [5, 5.41) is 9.99. The molecule has 0 saturated heterocycles. The Balaban J connectivity index is 2.00. The number of carboxylic acid groups (broad SMARTS) is 1. The Hall–Kier alpha value is -1.69. The summed E-state index contributed by atoms with van der Waals surface area (Å²) >= 11 is 1.18. The van der Waals surface area contributed by atoms with Gasteiger partial charge in [0.2, 0.25) is 5.88 Å². The Labute approximate surface area is 127 Å². The molecule has 2 aromatic rings. The largest absolute Gasteiger partial charge is 0.477 e. The van der Waals surface area contributed by atoms with Crippen LogP contribution in [-0.2, 0) is 0 Å². The monoisotopic (exact) mass is 306 g/mol. The van der Waals surface area contributed by atoms with Crippen LogP contribution in [0, 0.1) is 12.8 Å². The van der Waals surface area contributed by atoms with Crippen LogP contribution in [0.2, 0.25) is 0 Å². The third-order valence-corrected chi connectivity index (χ3v) is 5.37. The topological polar surface area (TPSA) is 72.3 Å². The number of aromatic carboxylic acids is 1. The van der Waals surface area contributed by atoms with Gasteiger partial charge in [0.1, 0.15) is 22.1 Å². The number of carbonyl (C=O) groups is 1. The average molecular weight is 306 g/mol. The van der Waals surface area contributed by atoms with Gasteiger partial charge < -0.3 is 9.84 Å². The van der Waals surface area contributed by atoms with E-state index in [9.17, 15) is 9.90 Å². The summed E-state index contributed by atoms with van der Waals surface area (Å²) in [6, 6.07) is 0. The number of aromatic nitrogens is 2. The van der Waals surface area contributed by atoms with Gasteiger partial charge in [-0.3, -0.25) is 0 Å². The van der Waals surface area contributed by atoms with E-state index in [0.717, 1.165) is 11.8 Å². The third-order valence-electron chi connectivity index (χ3n) is 4.18. The number of fused-ring (bicyclic) bond motifs is 1. The quantitative estimate of drug-likeness (QED) is 0.937. The standard InChI is InChI=1S/C15H18N2O3S/c1-8-5-3-4-6-10(8)20-13-11-9(2)12(15(18)19)21-14(11)17-7-16-13/h7-8,10H,3-6H2,1-2H3,(H,18,19). The van der Waals surface area contributed by atoms with E-state index in [1.807, 2.05) is 0 Å². The molecule has 0 aliphatic heterocycles. The molecule has 1 aliphatic rings. The fourth-order valence-corrected chi connectivity index (χ4v) is 3.91. The van der Waals surface area contributed by atoms with Crippen LogP contribution >= 0.6 is 11.3 Å². The van der Waals surface area contributed by atoms with E-state index in [4.69, 9.17) is 4.74 Å². The van der Waals surface area contributed by atoms with Crippen LogP contribution in [0.15, 0.2) is 6.33 Å². The van der Waals surface area contributed by atoms with Crippen molar-refractivity contribution in [3.8, 4) is 5.88 Å². The average Bonchev–Trinajstić information content (AvgIpc) is 2.80. The Morgan fingerprint density at radius 1 is 1.38 bits per heavy atom. The zero-order chi connectivity index (χ0) is 15.0. The normalized spacial score (nSPS) is 22.4. The molecule has 6 heteroatoms. The molecule has 2 heterocycles. The van der Waals surface area contributed by atoms with E-state index < -0.39 is 5.97 Å². The second kappa shape index (κ2) is 5.60. The first-order chi connectivity index (χ1) is 10.1. The molecule has 112 valence electrons. The lowest BCUT2D eigenvalue weighted by Crippen LogP contribution is -2.28. The van der Waals surface area contributed by atoms with Crippen molar-refractivity contribution in [2.24, 2.45) is 5.92 Å². The van der Waals surface area contributed by atoms with Crippen LogP contribution in [0.25, 0.3) is 10.2 Å². The summed E-state index contributed by atoms with van der Waals surface area (Å²) in [5.41, 5.74) is 0.696. The molecule has 1 aliphatic carbocycles. The van der Waals surface area contributed by atoms with Crippen LogP contribution in [0.1, 0.15) is 47.8 Å². The first kappa shape index (κ1) is 14.3. The van der Waals surface area contributed by atoms with Gasteiger partial charge in [-0.05, 0) is 37.7 Å². The molecule has 21 heavy (non-hydrogen) atoms. The van der Waals surface area contributed by atoms with Crippen LogP contribution in [-0.4, -0.2) is 27.1 Å². The lowest BCUT2D eigenvalue weighted by atomic mass is 9.88. The molecule has 0 radical (unpaired) electrons. The van der Waals surface area contributed by atoms with Crippen molar-refractivity contribution in [2.45, 2.75) is 45.6 Å². The summed E-state index contributed by atoms with van der Waals surface area (Å²) in [6.45, 7) is 3.99. The molecule has 0 amide bonds. The third kappa shape index (κ3) is 2.60. The summed E-state index contributed by atoms with van der Waals surface area (Å²) in [5.74, 6) is 0.106. The number of rotatable bonds is 3. The SMILES string of the molecule is Cc1c(C(=O)O)sc2ncnc(OC3CCCCC3C)c12. The lowest BCUT2D eigenvalue weighted by molar-refractivity contribution is 0.0701. The minimum atomic E-state index is -0.924. The van der Waals surface area contributed by atoms with Crippen molar-refractivity contribution in [3.63, 3.8) is 0 Å². The van der Waals surface area contributed by atoms with Gasteiger partial charge in [-0.25, -0.2) is 14.8 Å². The fourth-order valence-electron chi connectivity index (χ4n) is 2.93. The van der Waals surface area contributed by atoms with Crippen molar-refractivity contribution in [3.05, 3.63) is 16.8 Å². The second-order valence-corrected chi connectivity index (χ2v) is 6.64. The fraction of sp³-hybridized carbons (Fsp3) is 0.533. The molecule has 2 atom stereocenters. The molecule has 0 aromatic carbocycles. The molecule has 2 aromatic heterocycles. The summed E-state index contributed by atoms with van der Waals surface area (Å²) in [7, 11) is 0. The predicted octanol–water partition coefficient (Wildman–Crippen LogP) is 3.66. The smallest absolute Gasteiger partial charge is 0.346 e. The molecule has 0 spiro atoms. The van der Waals surface area contributed by atoms with Gasteiger partial charge in [0.25, 0.3) is 0 Å². The van der Waals surface area contributed by atoms with Gasteiger partial charge in [-0.1, -0.05) is 13.3 Å². The van der Waals surface area contributed by atoms with E-state index in [-0.39, 0.29) is 6.10 Å². The van der Waals surface area contributed by atoms with Crippen LogP contribution < -0.4 is 4.74 Å². The van der Waals surface area contributed by atoms with E-state index in [1.165, 1.54) is 36.9 Å². The summed E-state index contributed by atoms with van der Waals surface area (Å²) in [6.07, 6.45) is 6.23. The van der Waals surface area contributed by atoms with Crippen LogP contribution in [0.4, 0.5) is 0 Å². The molecule has 1 fully saturated rings. The maximum atomic E-state index is 11.3. The van der Waals surface area contributed by atoms with E-state index in [1.54, 1.807) is 6.92 Å². The highest BCUT2D eigenvalue weighted by Gasteiger charge is 2.26. The maximum Gasteiger partial charge on any atom is 0.346 e. The Kier molecular flexibility index (Phi) is 3.80. The van der Waals surface area contributed by atoms with Gasteiger partial charge in [-0.15, -0.1) is 11.3 Å². The lowest BCUT2D eigenvalue weighted by Gasteiger charge is -2.28. The molecule has 0 bridgehead atoms. The van der Waals surface area contributed by atoms with Gasteiger partial charge in [0.15, 0.2) is 0 Å². The maximum absolute atomic E-state index is 11.3. The van der Waals surface area contributed by atoms with Crippen LogP contribution in [0.5, 0.6) is 5.88 Å². The van der Waals surface area contributed by atoms with Crippen molar-refractivity contribution in [2.75, 3.05) is 0 Å². The summed E-state index contributed by atoms with van der Waals surface area (Å²) in [4.78, 5) is 20.7. The second-order valence-electron chi connectivity index (χ2n) is 5.64. The Morgan fingerprint density at radius 3 is 2.86 bits per heavy atom. The van der Waals surface area contributed by atoms with Crippen molar-refractivity contribution < 1.29 is 14.6 Å². The van der Waals surface area contributed by atoms with Crippen LogP contribution in [0.3, 0.4) is 0 Å². The van der Waals surface area contributed by atoms with E-state index >= 15 is 0 Å². The Bertz CT molecular complexity index is 683. The first-order valence-corrected chi connectivity index (χ1v) is 8.03.